The van der Waals surface area contributed by atoms with Crippen LogP contribution in [0.4, 0.5) is 8.78 Å². The summed E-state index contributed by atoms with van der Waals surface area (Å²) in [6.07, 6.45) is 6.00. The monoisotopic (exact) mass is 295 g/mol. The minimum Gasteiger partial charge on any atom is -0.310 e. The molecule has 0 amide bonds. The molecule has 3 heteroatoms. The van der Waals surface area contributed by atoms with Crippen molar-refractivity contribution in [3.05, 3.63) is 35.4 Å². The normalized spacial score (nSPS) is 23.3. The van der Waals surface area contributed by atoms with Gasteiger partial charge in [0.1, 0.15) is 11.6 Å². The van der Waals surface area contributed by atoms with Crippen molar-refractivity contribution in [2.75, 3.05) is 0 Å². The highest BCUT2D eigenvalue weighted by atomic mass is 19.1. The second-order valence-electron chi connectivity index (χ2n) is 7.01. The van der Waals surface area contributed by atoms with Crippen molar-refractivity contribution >= 4 is 0 Å². The van der Waals surface area contributed by atoms with Gasteiger partial charge < -0.3 is 5.32 Å². The van der Waals surface area contributed by atoms with E-state index in [-0.39, 0.29) is 0 Å². The summed E-state index contributed by atoms with van der Waals surface area (Å²) < 4.78 is 26.5. The maximum Gasteiger partial charge on any atom is 0.130 e. The van der Waals surface area contributed by atoms with Gasteiger partial charge in [-0.15, -0.1) is 0 Å². The molecule has 0 unspecified atom stereocenters. The fourth-order valence-corrected chi connectivity index (χ4v) is 3.29. The molecule has 0 aromatic heterocycles. The van der Waals surface area contributed by atoms with Gasteiger partial charge in [0, 0.05) is 24.2 Å². The predicted octanol–water partition coefficient (Wildman–Crippen LogP) is 5.05. The molecule has 1 aliphatic carbocycles. The molecule has 0 radical (unpaired) electrons. The van der Waals surface area contributed by atoms with Gasteiger partial charge in [0.05, 0.1) is 0 Å². The van der Waals surface area contributed by atoms with E-state index < -0.39 is 11.6 Å². The Kier molecular flexibility index (Phi) is 5.37. The van der Waals surface area contributed by atoms with E-state index in [1.807, 2.05) is 0 Å². The van der Waals surface area contributed by atoms with Crippen molar-refractivity contribution in [1.82, 2.24) is 5.32 Å². The average molecular weight is 295 g/mol. The number of benzene rings is 1. The SMILES string of the molecule is CCC(C)(C)C1CCC(NCc2ccc(F)cc2F)CC1. The van der Waals surface area contributed by atoms with Gasteiger partial charge in [-0.05, 0) is 43.1 Å². The van der Waals surface area contributed by atoms with E-state index in [0.29, 0.717) is 23.6 Å². The van der Waals surface area contributed by atoms with Gasteiger partial charge in [-0.1, -0.05) is 33.3 Å². The minimum atomic E-state index is -0.515. The van der Waals surface area contributed by atoms with Crippen molar-refractivity contribution < 1.29 is 8.78 Å². The third kappa shape index (κ3) is 4.26. The number of hydrogen-bond donors (Lipinski definition) is 1. The fourth-order valence-electron chi connectivity index (χ4n) is 3.29. The smallest absolute Gasteiger partial charge is 0.130 e. The molecule has 118 valence electrons. The first kappa shape index (κ1) is 16.4. The molecule has 2 rings (SSSR count). The average Bonchev–Trinajstić information content (AvgIpc) is 2.47. The lowest BCUT2D eigenvalue weighted by atomic mass is 9.69. The number of rotatable bonds is 5. The highest BCUT2D eigenvalue weighted by Crippen LogP contribution is 2.40. The van der Waals surface area contributed by atoms with E-state index in [2.05, 4.69) is 26.1 Å². The van der Waals surface area contributed by atoms with Crippen molar-refractivity contribution in [3.8, 4) is 0 Å². The van der Waals surface area contributed by atoms with E-state index >= 15 is 0 Å². The van der Waals surface area contributed by atoms with E-state index in [0.717, 1.165) is 24.8 Å². The molecule has 0 heterocycles. The molecule has 1 fully saturated rings. The van der Waals surface area contributed by atoms with Crippen LogP contribution in [-0.4, -0.2) is 6.04 Å². The first-order valence-electron chi connectivity index (χ1n) is 8.09. The summed E-state index contributed by atoms with van der Waals surface area (Å²) in [7, 11) is 0. The summed E-state index contributed by atoms with van der Waals surface area (Å²) in [5.41, 5.74) is 0.973. The van der Waals surface area contributed by atoms with E-state index in [1.165, 1.54) is 31.4 Å². The van der Waals surface area contributed by atoms with Crippen LogP contribution in [-0.2, 0) is 6.54 Å². The second-order valence-corrected chi connectivity index (χ2v) is 7.01. The molecule has 0 aliphatic heterocycles. The molecule has 1 aromatic carbocycles. The van der Waals surface area contributed by atoms with Gasteiger partial charge in [0.25, 0.3) is 0 Å². The van der Waals surface area contributed by atoms with Crippen LogP contribution in [0.5, 0.6) is 0 Å². The molecule has 0 saturated heterocycles. The second kappa shape index (κ2) is 6.87. The van der Waals surface area contributed by atoms with Crippen molar-refractivity contribution in [2.45, 2.75) is 65.5 Å². The first-order valence-corrected chi connectivity index (χ1v) is 8.09. The summed E-state index contributed by atoms with van der Waals surface area (Å²) in [5, 5.41) is 3.43. The van der Waals surface area contributed by atoms with Crippen molar-refractivity contribution in [3.63, 3.8) is 0 Å². The van der Waals surface area contributed by atoms with Crippen LogP contribution >= 0.6 is 0 Å². The van der Waals surface area contributed by atoms with Crippen molar-refractivity contribution in [2.24, 2.45) is 11.3 Å². The summed E-state index contributed by atoms with van der Waals surface area (Å²) in [6.45, 7) is 7.47. The summed E-state index contributed by atoms with van der Waals surface area (Å²) in [4.78, 5) is 0. The Morgan fingerprint density at radius 3 is 2.38 bits per heavy atom. The summed E-state index contributed by atoms with van der Waals surface area (Å²) >= 11 is 0. The third-order valence-electron chi connectivity index (χ3n) is 5.34. The maximum absolute atomic E-state index is 13.6. The Labute approximate surface area is 127 Å². The minimum absolute atomic E-state index is 0.425. The molecule has 1 aliphatic rings. The molecular formula is C18H27F2N. The Hall–Kier alpha value is -0.960. The van der Waals surface area contributed by atoms with E-state index in [9.17, 15) is 8.78 Å². The number of halogens is 2. The zero-order valence-corrected chi connectivity index (χ0v) is 13.4. The van der Waals surface area contributed by atoms with Gasteiger partial charge in [-0.25, -0.2) is 8.78 Å². The Morgan fingerprint density at radius 2 is 1.81 bits per heavy atom. The lowest BCUT2D eigenvalue weighted by Gasteiger charge is -2.39. The standard InChI is InChI=1S/C18H27F2N/c1-4-18(2,3)14-6-9-16(10-7-14)21-12-13-5-8-15(19)11-17(13)20/h5,8,11,14,16,21H,4,6-7,9-10,12H2,1-3H3. The summed E-state index contributed by atoms with van der Waals surface area (Å²) in [5.74, 6) is -0.176. The van der Waals surface area contributed by atoms with Crippen LogP contribution in [0.25, 0.3) is 0 Å². The molecule has 0 atom stereocenters. The third-order valence-corrected chi connectivity index (χ3v) is 5.34. The highest BCUT2D eigenvalue weighted by Gasteiger charge is 2.31. The number of hydrogen-bond acceptors (Lipinski definition) is 1. The zero-order valence-electron chi connectivity index (χ0n) is 13.4. The Balaban J connectivity index is 1.81. The molecular weight excluding hydrogens is 268 g/mol. The van der Waals surface area contributed by atoms with Crippen molar-refractivity contribution in [1.29, 1.82) is 0 Å². The van der Waals surface area contributed by atoms with Crippen LogP contribution < -0.4 is 5.32 Å². The molecule has 1 aromatic rings. The molecule has 0 spiro atoms. The Bertz CT molecular complexity index is 462. The van der Waals surface area contributed by atoms with Crippen LogP contribution in [0.1, 0.15) is 58.4 Å². The van der Waals surface area contributed by atoms with Gasteiger partial charge >= 0.3 is 0 Å². The van der Waals surface area contributed by atoms with E-state index in [1.54, 1.807) is 0 Å². The zero-order chi connectivity index (χ0) is 15.5. The number of nitrogens with one attached hydrogen (secondary N) is 1. The van der Waals surface area contributed by atoms with E-state index in [4.69, 9.17) is 0 Å². The van der Waals surface area contributed by atoms with Crippen LogP contribution in [0.2, 0.25) is 0 Å². The van der Waals surface area contributed by atoms with Crippen LogP contribution in [0.15, 0.2) is 18.2 Å². The largest absolute Gasteiger partial charge is 0.310 e. The lowest BCUT2D eigenvalue weighted by Crippen LogP contribution is -2.36. The van der Waals surface area contributed by atoms with Gasteiger partial charge in [-0.2, -0.15) is 0 Å². The lowest BCUT2D eigenvalue weighted by molar-refractivity contribution is 0.136. The molecule has 21 heavy (non-hydrogen) atoms. The molecule has 1 N–H and O–H groups in total. The van der Waals surface area contributed by atoms with Gasteiger partial charge in [0.2, 0.25) is 0 Å². The topological polar surface area (TPSA) is 12.0 Å². The van der Waals surface area contributed by atoms with Crippen LogP contribution in [0.3, 0.4) is 0 Å². The first-order chi connectivity index (χ1) is 9.92. The van der Waals surface area contributed by atoms with Gasteiger partial charge in [0.15, 0.2) is 0 Å². The quantitative estimate of drug-likeness (QED) is 0.801. The van der Waals surface area contributed by atoms with Crippen LogP contribution in [0, 0.1) is 23.0 Å². The predicted molar refractivity (Wildman–Crippen MR) is 83.0 cm³/mol. The van der Waals surface area contributed by atoms with Gasteiger partial charge in [-0.3, -0.25) is 0 Å². The fraction of sp³-hybridized carbons (Fsp3) is 0.667. The molecule has 1 saturated carbocycles. The molecule has 0 bridgehead atoms. The highest BCUT2D eigenvalue weighted by molar-refractivity contribution is 5.18. The molecule has 1 nitrogen and oxygen atoms in total. The Morgan fingerprint density at radius 1 is 1.14 bits per heavy atom. The summed E-state index contributed by atoms with van der Waals surface area (Å²) in [6, 6.07) is 4.26. The maximum atomic E-state index is 13.6.